The van der Waals surface area contributed by atoms with Gasteiger partial charge in [-0.3, -0.25) is 0 Å². The van der Waals surface area contributed by atoms with Gasteiger partial charge in [-0.25, -0.2) is 0 Å². The summed E-state index contributed by atoms with van der Waals surface area (Å²) >= 11 is 0. The van der Waals surface area contributed by atoms with Gasteiger partial charge in [0, 0.05) is 18.1 Å². The zero-order valence-electron chi connectivity index (χ0n) is 7.18. The summed E-state index contributed by atoms with van der Waals surface area (Å²) in [5.41, 5.74) is 6.40. The van der Waals surface area contributed by atoms with E-state index in [1.54, 1.807) is 0 Å². The molecule has 3 unspecified atom stereocenters. The van der Waals surface area contributed by atoms with Crippen molar-refractivity contribution in [3.05, 3.63) is 0 Å². The van der Waals surface area contributed by atoms with Crippen molar-refractivity contribution in [3.8, 4) is 0 Å². The van der Waals surface area contributed by atoms with Crippen molar-refractivity contribution in [2.24, 2.45) is 17.6 Å². The van der Waals surface area contributed by atoms with Crippen molar-refractivity contribution in [2.75, 3.05) is 13.2 Å². The summed E-state index contributed by atoms with van der Waals surface area (Å²) in [7, 11) is 0. The Bertz CT molecular complexity index is 154. The number of ether oxygens (including phenoxy) is 1. The van der Waals surface area contributed by atoms with Gasteiger partial charge in [0.25, 0.3) is 0 Å². The van der Waals surface area contributed by atoms with Gasteiger partial charge >= 0.3 is 0 Å². The second-order valence-corrected chi connectivity index (χ2v) is 3.98. The lowest BCUT2D eigenvalue weighted by Crippen LogP contribution is -2.35. The fourth-order valence-electron chi connectivity index (χ4n) is 2.35. The van der Waals surface area contributed by atoms with E-state index in [0.29, 0.717) is 5.92 Å². The van der Waals surface area contributed by atoms with E-state index in [1.165, 1.54) is 19.3 Å². The molecule has 2 rings (SSSR count). The van der Waals surface area contributed by atoms with Crippen LogP contribution in [0.3, 0.4) is 0 Å². The molecule has 2 fully saturated rings. The second kappa shape index (κ2) is 2.46. The number of nitrogens with two attached hydrogens (primary N) is 1. The van der Waals surface area contributed by atoms with Crippen molar-refractivity contribution in [2.45, 2.75) is 31.7 Å². The average Bonchev–Trinajstić information content (AvgIpc) is 2.55. The van der Waals surface area contributed by atoms with Crippen LogP contribution in [0, 0.1) is 11.8 Å². The molecule has 0 spiro atoms. The highest BCUT2D eigenvalue weighted by atomic mass is 16.5. The minimum absolute atomic E-state index is 0.172. The van der Waals surface area contributed by atoms with Crippen LogP contribution in [0.25, 0.3) is 0 Å². The number of hydrogen-bond acceptors (Lipinski definition) is 2. The third kappa shape index (κ3) is 1.09. The van der Waals surface area contributed by atoms with Crippen molar-refractivity contribution in [1.29, 1.82) is 0 Å². The molecule has 0 bridgehead atoms. The normalized spacial score (nSPS) is 49.6. The summed E-state index contributed by atoms with van der Waals surface area (Å²) in [6, 6.07) is 0. The molecule has 3 atom stereocenters. The zero-order valence-corrected chi connectivity index (χ0v) is 7.18. The van der Waals surface area contributed by atoms with Crippen LogP contribution in [-0.2, 0) is 4.74 Å². The molecule has 0 amide bonds. The Labute approximate surface area is 68.1 Å². The third-order valence-corrected chi connectivity index (χ3v) is 3.38. The molecule has 0 aromatic heterocycles. The summed E-state index contributed by atoms with van der Waals surface area (Å²) in [5.74, 6) is 1.45. The van der Waals surface area contributed by atoms with E-state index in [0.717, 1.165) is 19.1 Å². The first kappa shape index (κ1) is 7.56. The van der Waals surface area contributed by atoms with E-state index in [2.05, 4.69) is 6.92 Å². The SMILES string of the molecule is CCC1CC1(N)C1CCOC1. The first-order valence-electron chi connectivity index (χ1n) is 4.64. The monoisotopic (exact) mass is 155 g/mol. The van der Waals surface area contributed by atoms with E-state index in [9.17, 15) is 0 Å². The van der Waals surface area contributed by atoms with Gasteiger partial charge in [-0.1, -0.05) is 13.3 Å². The molecule has 1 aliphatic heterocycles. The quantitative estimate of drug-likeness (QED) is 0.649. The van der Waals surface area contributed by atoms with Crippen LogP contribution in [-0.4, -0.2) is 18.8 Å². The molecular formula is C9H17NO. The molecule has 1 heterocycles. The first-order chi connectivity index (χ1) is 5.27. The van der Waals surface area contributed by atoms with Crippen molar-refractivity contribution in [3.63, 3.8) is 0 Å². The summed E-state index contributed by atoms with van der Waals surface area (Å²) in [5, 5.41) is 0. The molecule has 2 nitrogen and oxygen atoms in total. The highest BCUT2D eigenvalue weighted by molar-refractivity contribution is 5.11. The van der Waals surface area contributed by atoms with E-state index in [-0.39, 0.29) is 5.54 Å². The Balaban J connectivity index is 1.94. The molecule has 0 radical (unpaired) electrons. The topological polar surface area (TPSA) is 35.2 Å². The van der Waals surface area contributed by atoms with Gasteiger partial charge in [0.1, 0.15) is 0 Å². The van der Waals surface area contributed by atoms with E-state index >= 15 is 0 Å². The van der Waals surface area contributed by atoms with Crippen LogP contribution in [0.5, 0.6) is 0 Å². The molecule has 1 saturated carbocycles. The van der Waals surface area contributed by atoms with Gasteiger partial charge in [0.2, 0.25) is 0 Å². The lowest BCUT2D eigenvalue weighted by molar-refractivity contribution is 0.176. The highest BCUT2D eigenvalue weighted by Gasteiger charge is 2.55. The zero-order chi connectivity index (χ0) is 7.90. The molecule has 1 aliphatic carbocycles. The largest absolute Gasteiger partial charge is 0.381 e. The smallest absolute Gasteiger partial charge is 0.0512 e. The minimum atomic E-state index is 0.172. The lowest BCUT2D eigenvalue weighted by Gasteiger charge is -2.17. The van der Waals surface area contributed by atoms with Crippen LogP contribution in [0.4, 0.5) is 0 Å². The molecular weight excluding hydrogens is 138 g/mol. The molecule has 2 aliphatic rings. The minimum Gasteiger partial charge on any atom is -0.381 e. The molecule has 11 heavy (non-hydrogen) atoms. The summed E-state index contributed by atoms with van der Waals surface area (Å²) < 4.78 is 5.34. The predicted octanol–water partition coefficient (Wildman–Crippen LogP) is 1.15. The van der Waals surface area contributed by atoms with Crippen molar-refractivity contribution >= 4 is 0 Å². The van der Waals surface area contributed by atoms with Crippen LogP contribution >= 0.6 is 0 Å². The molecule has 64 valence electrons. The van der Waals surface area contributed by atoms with Crippen LogP contribution in [0.1, 0.15) is 26.2 Å². The van der Waals surface area contributed by atoms with Crippen LogP contribution < -0.4 is 5.73 Å². The predicted molar refractivity (Wildman–Crippen MR) is 44.2 cm³/mol. The molecule has 0 aromatic rings. The third-order valence-electron chi connectivity index (χ3n) is 3.38. The van der Waals surface area contributed by atoms with Crippen molar-refractivity contribution < 1.29 is 4.74 Å². The maximum Gasteiger partial charge on any atom is 0.0512 e. The maximum absolute atomic E-state index is 6.23. The average molecular weight is 155 g/mol. The van der Waals surface area contributed by atoms with Crippen molar-refractivity contribution in [1.82, 2.24) is 0 Å². The van der Waals surface area contributed by atoms with E-state index < -0.39 is 0 Å². The Morgan fingerprint density at radius 3 is 2.91 bits per heavy atom. The Morgan fingerprint density at radius 2 is 2.45 bits per heavy atom. The molecule has 2 heteroatoms. The van der Waals surface area contributed by atoms with Gasteiger partial charge in [-0.05, 0) is 18.8 Å². The summed E-state index contributed by atoms with van der Waals surface area (Å²) in [6.45, 7) is 4.07. The van der Waals surface area contributed by atoms with Gasteiger partial charge in [-0.15, -0.1) is 0 Å². The number of rotatable bonds is 2. The molecule has 2 N–H and O–H groups in total. The molecule has 1 saturated heterocycles. The highest BCUT2D eigenvalue weighted by Crippen LogP contribution is 2.50. The fourth-order valence-corrected chi connectivity index (χ4v) is 2.35. The second-order valence-electron chi connectivity index (χ2n) is 3.98. The molecule has 0 aromatic carbocycles. The Morgan fingerprint density at radius 1 is 1.64 bits per heavy atom. The van der Waals surface area contributed by atoms with Crippen LogP contribution in [0.2, 0.25) is 0 Å². The standard InChI is InChI=1S/C9H17NO/c1-2-7-5-9(7,10)8-3-4-11-6-8/h7-8H,2-6,10H2,1H3. The van der Waals surface area contributed by atoms with E-state index in [1.807, 2.05) is 0 Å². The first-order valence-corrected chi connectivity index (χ1v) is 4.64. The summed E-state index contributed by atoms with van der Waals surface area (Å²) in [6.07, 6.45) is 3.66. The summed E-state index contributed by atoms with van der Waals surface area (Å²) in [4.78, 5) is 0. The van der Waals surface area contributed by atoms with Gasteiger partial charge < -0.3 is 10.5 Å². The van der Waals surface area contributed by atoms with Crippen LogP contribution in [0.15, 0.2) is 0 Å². The Kier molecular flexibility index (Phi) is 1.69. The van der Waals surface area contributed by atoms with E-state index in [4.69, 9.17) is 10.5 Å². The van der Waals surface area contributed by atoms with Gasteiger partial charge in [-0.2, -0.15) is 0 Å². The fraction of sp³-hybridized carbons (Fsp3) is 1.00. The number of hydrogen-bond donors (Lipinski definition) is 1. The van der Waals surface area contributed by atoms with Gasteiger partial charge in [0.05, 0.1) is 6.61 Å². The van der Waals surface area contributed by atoms with Gasteiger partial charge in [0.15, 0.2) is 0 Å². The lowest BCUT2D eigenvalue weighted by atomic mass is 9.94. The Hall–Kier alpha value is -0.0800. The maximum atomic E-state index is 6.23.